The van der Waals surface area contributed by atoms with E-state index in [9.17, 15) is 9.59 Å². The third-order valence-corrected chi connectivity index (χ3v) is 5.26. The van der Waals surface area contributed by atoms with Crippen LogP contribution in [-0.2, 0) is 17.6 Å². The van der Waals surface area contributed by atoms with Crippen LogP contribution >= 0.6 is 0 Å². The predicted molar refractivity (Wildman–Crippen MR) is 112 cm³/mol. The lowest BCUT2D eigenvalue weighted by atomic mass is 9.97. The van der Waals surface area contributed by atoms with Crippen LogP contribution in [0.2, 0.25) is 0 Å². The van der Waals surface area contributed by atoms with Crippen molar-refractivity contribution in [2.24, 2.45) is 11.5 Å². The van der Waals surface area contributed by atoms with Gasteiger partial charge in [-0.15, -0.1) is 0 Å². The van der Waals surface area contributed by atoms with Crippen LogP contribution in [0, 0.1) is 0 Å². The summed E-state index contributed by atoms with van der Waals surface area (Å²) in [5, 5.41) is 0. The molecule has 0 spiro atoms. The number of rotatable bonds is 5. The lowest BCUT2D eigenvalue weighted by molar-refractivity contribution is -0.119. The molecule has 1 aliphatic heterocycles. The van der Waals surface area contributed by atoms with Gasteiger partial charge in [0.2, 0.25) is 11.8 Å². The average Bonchev–Trinajstić information content (AvgIpc) is 3.17. The molecule has 6 heteroatoms. The maximum absolute atomic E-state index is 13.1. The number of carbonyl (C=O) groups excluding carboxylic acids is 2. The van der Waals surface area contributed by atoms with Gasteiger partial charge in [-0.05, 0) is 59.4 Å². The van der Waals surface area contributed by atoms with Gasteiger partial charge in [-0.1, -0.05) is 30.3 Å². The fraction of sp³-hybridized carbons (Fsp3) is 0.174. The van der Waals surface area contributed by atoms with Crippen LogP contribution in [0.25, 0.3) is 11.1 Å². The number of benzene rings is 2. The monoisotopic (exact) mass is 386 g/mol. The second-order valence-electron chi connectivity index (χ2n) is 7.16. The highest BCUT2D eigenvalue weighted by Crippen LogP contribution is 2.36. The molecule has 1 aromatic heterocycles. The van der Waals surface area contributed by atoms with E-state index in [1.54, 1.807) is 23.4 Å². The van der Waals surface area contributed by atoms with Crippen LogP contribution < -0.4 is 16.4 Å². The van der Waals surface area contributed by atoms with Crippen LogP contribution in [0.15, 0.2) is 67.0 Å². The molecule has 0 radical (unpaired) electrons. The van der Waals surface area contributed by atoms with Gasteiger partial charge in [-0.25, -0.2) is 0 Å². The molecule has 0 aliphatic carbocycles. The second kappa shape index (κ2) is 7.85. The SMILES string of the molecule is NC(=O)c1cc(-c2ccncc2)cc2c1CCN2C(=O)C(N)Cc1ccccc1. The summed E-state index contributed by atoms with van der Waals surface area (Å²) in [6.07, 6.45) is 4.41. The Labute approximate surface area is 169 Å². The van der Waals surface area contributed by atoms with Crippen LogP contribution in [-0.4, -0.2) is 29.4 Å². The number of hydrogen-bond donors (Lipinski definition) is 2. The maximum atomic E-state index is 13.1. The molecule has 1 unspecified atom stereocenters. The van der Waals surface area contributed by atoms with Gasteiger partial charge in [-0.3, -0.25) is 14.6 Å². The first-order valence-electron chi connectivity index (χ1n) is 9.52. The molecule has 0 bridgehead atoms. The van der Waals surface area contributed by atoms with E-state index in [2.05, 4.69) is 4.98 Å². The number of carbonyl (C=O) groups is 2. The summed E-state index contributed by atoms with van der Waals surface area (Å²) in [5.41, 5.74) is 16.6. The summed E-state index contributed by atoms with van der Waals surface area (Å²) < 4.78 is 0. The van der Waals surface area contributed by atoms with Gasteiger partial charge in [0.15, 0.2) is 0 Å². The molecule has 0 saturated heterocycles. The lowest BCUT2D eigenvalue weighted by Gasteiger charge is -2.22. The molecule has 1 aliphatic rings. The van der Waals surface area contributed by atoms with Crippen molar-refractivity contribution >= 4 is 17.5 Å². The van der Waals surface area contributed by atoms with E-state index in [1.165, 1.54) is 0 Å². The van der Waals surface area contributed by atoms with Gasteiger partial charge in [0.05, 0.1) is 6.04 Å². The smallest absolute Gasteiger partial charge is 0.249 e. The van der Waals surface area contributed by atoms with Crippen molar-refractivity contribution in [1.29, 1.82) is 0 Å². The van der Waals surface area contributed by atoms with Gasteiger partial charge in [0, 0.05) is 30.2 Å². The van der Waals surface area contributed by atoms with Crippen molar-refractivity contribution in [2.45, 2.75) is 18.9 Å². The molecular weight excluding hydrogens is 364 g/mol. The van der Waals surface area contributed by atoms with Crippen molar-refractivity contribution < 1.29 is 9.59 Å². The third-order valence-electron chi connectivity index (χ3n) is 5.26. The van der Waals surface area contributed by atoms with Gasteiger partial charge in [-0.2, -0.15) is 0 Å². The highest BCUT2D eigenvalue weighted by molar-refractivity contribution is 6.04. The molecule has 2 aromatic carbocycles. The Morgan fingerprint density at radius 1 is 1.03 bits per heavy atom. The van der Waals surface area contributed by atoms with Crippen molar-refractivity contribution in [2.75, 3.05) is 11.4 Å². The third kappa shape index (κ3) is 3.75. The minimum atomic E-state index is -0.662. The van der Waals surface area contributed by atoms with E-state index in [0.29, 0.717) is 30.6 Å². The molecular formula is C23H22N4O2. The van der Waals surface area contributed by atoms with Gasteiger partial charge >= 0.3 is 0 Å². The summed E-state index contributed by atoms with van der Waals surface area (Å²) in [4.78, 5) is 30.9. The Morgan fingerprint density at radius 3 is 2.45 bits per heavy atom. The fourth-order valence-electron chi connectivity index (χ4n) is 3.82. The number of nitrogens with two attached hydrogens (primary N) is 2. The van der Waals surface area contributed by atoms with E-state index in [0.717, 1.165) is 22.3 Å². The molecule has 0 saturated carbocycles. The first kappa shape index (κ1) is 18.8. The summed E-state index contributed by atoms with van der Waals surface area (Å²) in [7, 11) is 0. The molecule has 4 rings (SSSR count). The van der Waals surface area contributed by atoms with E-state index in [4.69, 9.17) is 11.5 Å². The van der Waals surface area contributed by atoms with Crippen molar-refractivity contribution in [3.63, 3.8) is 0 Å². The number of anilines is 1. The number of fused-ring (bicyclic) bond motifs is 1. The highest BCUT2D eigenvalue weighted by atomic mass is 16.2. The highest BCUT2D eigenvalue weighted by Gasteiger charge is 2.31. The standard InChI is InChI=1S/C23H22N4O2/c24-20(12-15-4-2-1-3-5-15)23(29)27-11-8-18-19(22(25)28)13-17(14-21(18)27)16-6-9-26-10-7-16/h1-7,9-10,13-14,20H,8,11-12,24H2,(H2,25,28). The van der Waals surface area contributed by atoms with Crippen LogP contribution in [0.4, 0.5) is 5.69 Å². The van der Waals surface area contributed by atoms with Gasteiger partial charge in [0.1, 0.15) is 0 Å². The summed E-state index contributed by atoms with van der Waals surface area (Å²) >= 11 is 0. The summed E-state index contributed by atoms with van der Waals surface area (Å²) in [6.45, 7) is 0.483. The van der Waals surface area contributed by atoms with E-state index in [1.807, 2.05) is 48.5 Å². The van der Waals surface area contributed by atoms with Crippen LogP contribution in [0.5, 0.6) is 0 Å². The number of nitrogens with zero attached hydrogens (tertiary/aromatic N) is 2. The predicted octanol–water partition coefficient (Wildman–Crippen LogP) is 2.31. The van der Waals surface area contributed by atoms with Crippen LogP contribution in [0.1, 0.15) is 21.5 Å². The summed E-state index contributed by atoms with van der Waals surface area (Å²) in [6, 6.07) is 16.5. The summed E-state index contributed by atoms with van der Waals surface area (Å²) in [5.74, 6) is -0.657. The topological polar surface area (TPSA) is 102 Å². The Kier molecular flexibility index (Phi) is 5.10. The molecule has 4 N–H and O–H groups in total. The molecule has 146 valence electrons. The Hall–Kier alpha value is -3.51. The normalized spacial score (nSPS) is 13.8. The van der Waals surface area contributed by atoms with Crippen molar-refractivity contribution in [3.8, 4) is 11.1 Å². The largest absolute Gasteiger partial charge is 0.366 e. The minimum Gasteiger partial charge on any atom is -0.366 e. The van der Waals surface area contributed by atoms with Crippen molar-refractivity contribution in [3.05, 3.63) is 83.7 Å². The lowest BCUT2D eigenvalue weighted by Crippen LogP contribution is -2.44. The minimum absolute atomic E-state index is 0.157. The van der Waals surface area contributed by atoms with Gasteiger partial charge in [0.25, 0.3) is 0 Å². The maximum Gasteiger partial charge on any atom is 0.249 e. The first-order chi connectivity index (χ1) is 14.0. The zero-order valence-electron chi connectivity index (χ0n) is 15.9. The number of primary amides is 1. The number of aromatic nitrogens is 1. The van der Waals surface area contributed by atoms with E-state index < -0.39 is 11.9 Å². The van der Waals surface area contributed by atoms with E-state index >= 15 is 0 Å². The zero-order chi connectivity index (χ0) is 20.4. The number of pyridine rings is 1. The molecule has 1 atom stereocenters. The Balaban J connectivity index is 1.69. The fourth-order valence-corrected chi connectivity index (χ4v) is 3.82. The number of hydrogen-bond acceptors (Lipinski definition) is 4. The molecule has 0 fully saturated rings. The molecule has 6 nitrogen and oxygen atoms in total. The zero-order valence-corrected chi connectivity index (χ0v) is 15.9. The second-order valence-corrected chi connectivity index (χ2v) is 7.16. The van der Waals surface area contributed by atoms with Crippen LogP contribution in [0.3, 0.4) is 0 Å². The van der Waals surface area contributed by atoms with Gasteiger partial charge < -0.3 is 16.4 Å². The molecule has 2 heterocycles. The molecule has 2 amide bonds. The molecule has 3 aromatic rings. The van der Waals surface area contributed by atoms with E-state index in [-0.39, 0.29) is 5.91 Å². The van der Waals surface area contributed by atoms with Crippen molar-refractivity contribution in [1.82, 2.24) is 4.98 Å². The first-order valence-corrected chi connectivity index (χ1v) is 9.52. The molecule has 29 heavy (non-hydrogen) atoms. The Morgan fingerprint density at radius 2 is 1.76 bits per heavy atom. The quantitative estimate of drug-likeness (QED) is 0.702. The average molecular weight is 386 g/mol. The Bertz CT molecular complexity index is 1050. The number of amides is 2.